The number of aromatic amines is 1. The molecular weight excluding hydrogens is 482 g/mol. The van der Waals surface area contributed by atoms with E-state index in [1.807, 2.05) is 12.1 Å². The first-order chi connectivity index (χ1) is 18.0. The minimum absolute atomic E-state index is 0.128. The fourth-order valence-electron chi connectivity index (χ4n) is 5.50. The number of unbranched alkanes of at least 4 members (excludes halogenated alkanes) is 2. The minimum atomic E-state index is -0.136. The van der Waals surface area contributed by atoms with Crippen LogP contribution in [0.25, 0.3) is 10.2 Å². The van der Waals surface area contributed by atoms with Crippen molar-refractivity contribution in [3.8, 4) is 5.75 Å². The summed E-state index contributed by atoms with van der Waals surface area (Å²) < 4.78 is 0.859. The second-order valence-corrected chi connectivity index (χ2v) is 11.4. The van der Waals surface area contributed by atoms with Crippen LogP contribution < -0.4 is 10.2 Å². The molecule has 1 aliphatic carbocycles. The lowest BCUT2D eigenvalue weighted by Crippen LogP contribution is -2.43. The largest absolute Gasteiger partial charge is 0.506 e. The molecule has 0 aliphatic heterocycles. The van der Waals surface area contributed by atoms with E-state index in [2.05, 4.69) is 46.4 Å². The van der Waals surface area contributed by atoms with Gasteiger partial charge in [0, 0.05) is 32.1 Å². The van der Waals surface area contributed by atoms with Gasteiger partial charge in [0.1, 0.15) is 11.3 Å². The molecule has 0 unspecified atom stereocenters. The van der Waals surface area contributed by atoms with Crippen molar-refractivity contribution in [2.45, 2.75) is 83.1 Å². The zero-order valence-electron chi connectivity index (χ0n) is 22.0. The van der Waals surface area contributed by atoms with E-state index in [-0.39, 0.29) is 16.5 Å². The average molecular weight is 524 g/mol. The summed E-state index contributed by atoms with van der Waals surface area (Å²) in [6, 6.07) is 14.5. The van der Waals surface area contributed by atoms with Gasteiger partial charge in [-0.25, -0.2) is 0 Å². The molecule has 6 nitrogen and oxygen atoms in total. The topological polar surface area (TPSA) is 85.4 Å². The molecule has 1 aromatic heterocycles. The predicted octanol–water partition coefficient (Wildman–Crippen LogP) is 5.95. The molecule has 2 aromatic carbocycles. The number of aromatic hydroxyl groups is 1. The first-order valence-corrected chi connectivity index (χ1v) is 14.7. The number of H-pyrrole nitrogens is 1. The molecule has 0 bridgehead atoms. The highest BCUT2D eigenvalue weighted by atomic mass is 32.1. The highest BCUT2D eigenvalue weighted by Gasteiger charge is 2.24. The molecule has 1 atom stereocenters. The highest BCUT2D eigenvalue weighted by molar-refractivity contribution is 7.16. The summed E-state index contributed by atoms with van der Waals surface area (Å²) in [6.07, 6.45) is 10.4. The van der Waals surface area contributed by atoms with Crippen LogP contribution in [0.3, 0.4) is 0 Å². The summed E-state index contributed by atoms with van der Waals surface area (Å²) >= 11 is 1.16. The van der Waals surface area contributed by atoms with E-state index >= 15 is 0 Å². The first kappa shape index (κ1) is 27.4. The number of phenolic OH excluding ortho intramolecular Hbond substituents is 1. The van der Waals surface area contributed by atoms with E-state index in [0.717, 1.165) is 79.8 Å². The number of nitrogens with one attached hydrogen (secondary N) is 2. The van der Waals surface area contributed by atoms with Crippen LogP contribution in [0.2, 0.25) is 0 Å². The zero-order chi connectivity index (χ0) is 26.0. The fourth-order valence-corrected chi connectivity index (χ4v) is 6.40. The van der Waals surface area contributed by atoms with E-state index in [1.165, 1.54) is 24.8 Å². The number of carbonyl (C=O) groups is 1. The lowest BCUT2D eigenvalue weighted by atomic mass is 9.93. The number of hydrogen-bond acceptors (Lipinski definition) is 5. The van der Waals surface area contributed by atoms with E-state index in [0.29, 0.717) is 23.9 Å². The minimum Gasteiger partial charge on any atom is -0.506 e. The Bertz CT molecular complexity index is 1180. The molecule has 1 heterocycles. The second kappa shape index (κ2) is 13.8. The summed E-state index contributed by atoms with van der Waals surface area (Å²) in [5.74, 6) is 0.833. The fraction of sp³-hybridized carbons (Fsp3) is 0.533. The Labute approximate surface area is 224 Å². The number of phenols is 1. The second-order valence-electron chi connectivity index (χ2n) is 10.4. The number of amides is 1. The van der Waals surface area contributed by atoms with Gasteiger partial charge >= 0.3 is 4.87 Å². The van der Waals surface area contributed by atoms with Gasteiger partial charge in [-0.1, -0.05) is 80.3 Å². The van der Waals surface area contributed by atoms with Gasteiger partial charge in [0.2, 0.25) is 5.91 Å². The smallest absolute Gasteiger partial charge is 0.305 e. The van der Waals surface area contributed by atoms with Gasteiger partial charge in [-0.2, -0.15) is 0 Å². The number of carbonyl (C=O) groups excluding carboxylic acids is 1. The summed E-state index contributed by atoms with van der Waals surface area (Å²) in [4.78, 5) is 29.8. The molecule has 3 N–H and O–H groups in total. The van der Waals surface area contributed by atoms with Crippen molar-refractivity contribution in [2.24, 2.45) is 0 Å². The van der Waals surface area contributed by atoms with Gasteiger partial charge in [-0.3, -0.25) is 9.59 Å². The lowest BCUT2D eigenvalue weighted by Gasteiger charge is -2.34. The number of aryl methyl sites for hydroxylation is 1. The maximum Gasteiger partial charge on any atom is 0.305 e. The molecular formula is C30H41N3O3S. The molecule has 0 radical (unpaired) electrons. The average Bonchev–Trinajstić information content (AvgIpc) is 3.33. The van der Waals surface area contributed by atoms with Crippen molar-refractivity contribution in [3.63, 3.8) is 0 Å². The monoisotopic (exact) mass is 523 g/mol. The molecule has 7 heteroatoms. The van der Waals surface area contributed by atoms with Gasteiger partial charge in [0.25, 0.3) is 0 Å². The van der Waals surface area contributed by atoms with E-state index in [1.54, 1.807) is 6.07 Å². The van der Waals surface area contributed by atoms with Crippen molar-refractivity contribution in [3.05, 3.63) is 63.3 Å². The maximum absolute atomic E-state index is 13.3. The Hall–Kier alpha value is -2.64. The molecule has 3 aromatic rings. The molecule has 1 fully saturated rings. The quantitative estimate of drug-likeness (QED) is 0.242. The molecule has 37 heavy (non-hydrogen) atoms. The van der Waals surface area contributed by atoms with Crippen LogP contribution in [0.1, 0.15) is 81.8 Å². The summed E-state index contributed by atoms with van der Waals surface area (Å²) in [5, 5.41) is 13.5. The molecule has 1 aliphatic rings. The van der Waals surface area contributed by atoms with Gasteiger partial charge in [0.05, 0.1) is 4.70 Å². The normalized spacial score (nSPS) is 15.2. The van der Waals surface area contributed by atoms with Crippen LogP contribution in [0, 0.1) is 0 Å². The number of nitrogens with zero attached hydrogens (tertiary/aromatic N) is 1. The number of aromatic nitrogens is 1. The number of benzene rings is 2. The summed E-state index contributed by atoms with van der Waals surface area (Å²) in [5.41, 5.74) is 2.98. The Morgan fingerprint density at radius 1 is 1.11 bits per heavy atom. The molecule has 4 rings (SSSR count). The maximum atomic E-state index is 13.3. The zero-order valence-corrected chi connectivity index (χ0v) is 22.8. The van der Waals surface area contributed by atoms with Gasteiger partial charge in [-0.15, -0.1) is 0 Å². The number of fused-ring (bicyclic) bond motifs is 1. The Kier molecular flexibility index (Phi) is 10.2. The van der Waals surface area contributed by atoms with Crippen LogP contribution in [0.5, 0.6) is 5.75 Å². The lowest BCUT2D eigenvalue weighted by molar-refractivity contribution is -0.134. The first-order valence-electron chi connectivity index (χ1n) is 13.9. The van der Waals surface area contributed by atoms with Crippen molar-refractivity contribution >= 4 is 27.5 Å². The Morgan fingerprint density at radius 3 is 2.68 bits per heavy atom. The Morgan fingerprint density at radius 2 is 1.89 bits per heavy atom. The van der Waals surface area contributed by atoms with Crippen molar-refractivity contribution in [1.82, 2.24) is 15.2 Å². The molecule has 1 saturated carbocycles. The van der Waals surface area contributed by atoms with Gasteiger partial charge in [-0.05, 0) is 55.2 Å². The van der Waals surface area contributed by atoms with Crippen molar-refractivity contribution in [2.75, 3.05) is 19.6 Å². The van der Waals surface area contributed by atoms with E-state index in [4.69, 9.17) is 0 Å². The molecule has 200 valence electrons. The van der Waals surface area contributed by atoms with Crippen LogP contribution in [-0.4, -0.2) is 46.6 Å². The van der Waals surface area contributed by atoms with Gasteiger partial charge < -0.3 is 20.3 Å². The van der Waals surface area contributed by atoms with Crippen LogP contribution in [0.4, 0.5) is 0 Å². The number of hydrogen-bond donors (Lipinski definition) is 3. The Balaban J connectivity index is 1.23. The van der Waals surface area contributed by atoms with Crippen molar-refractivity contribution in [1.29, 1.82) is 0 Å². The predicted molar refractivity (Wildman–Crippen MR) is 153 cm³/mol. The van der Waals surface area contributed by atoms with E-state index < -0.39 is 0 Å². The van der Waals surface area contributed by atoms with Crippen LogP contribution in [-0.2, 0) is 11.2 Å². The standard InChI is InChI=1S/C30H41N3O3S/c1-22(23-11-5-2-6-12-23)21-31-19-18-27(35)33(25-14-8-3-9-15-25)20-10-4-7-13-24-16-17-26(34)28-29(24)37-30(36)32-28/h2,5-6,11-12,16-17,22,25,31,34H,3-4,7-10,13-15,18-21H2,1H3,(H,32,36)/t22-/m0/s1. The summed E-state index contributed by atoms with van der Waals surface area (Å²) in [7, 11) is 0. The van der Waals surface area contributed by atoms with E-state index in [9.17, 15) is 14.7 Å². The van der Waals surface area contributed by atoms with Crippen LogP contribution >= 0.6 is 11.3 Å². The third-order valence-corrected chi connectivity index (χ3v) is 8.61. The summed E-state index contributed by atoms with van der Waals surface area (Å²) in [6.45, 7) is 4.64. The molecule has 0 saturated heterocycles. The number of thiazole rings is 1. The third kappa shape index (κ3) is 7.68. The van der Waals surface area contributed by atoms with Crippen LogP contribution in [0.15, 0.2) is 47.3 Å². The SMILES string of the molecule is C[C@@H](CNCCC(=O)N(CCCCCc1ccc(O)c2[nH]c(=O)sc12)C1CCCCC1)c1ccccc1. The third-order valence-electron chi connectivity index (χ3n) is 7.65. The number of rotatable bonds is 13. The van der Waals surface area contributed by atoms with Crippen molar-refractivity contribution < 1.29 is 9.90 Å². The molecule has 0 spiro atoms. The van der Waals surface area contributed by atoms with Gasteiger partial charge in [0.15, 0.2) is 0 Å². The highest BCUT2D eigenvalue weighted by Crippen LogP contribution is 2.29. The molecule has 1 amide bonds.